The van der Waals surface area contributed by atoms with E-state index in [4.69, 9.17) is 9.47 Å². The van der Waals surface area contributed by atoms with Crippen LogP contribution < -0.4 is 0 Å². The zero-order chi connectivity index (χ0) is 11.3. The second-order valence-electron chi connectivity index (χ2n) is 3.55. The smallest absolute Gasteiger partial charge is 0.364 e. The fourth-order valence-corrected chi connectivity index (χ4v) is 1.74. The molecule has 5 heteroatoms. The Morgan fingerprint density at radius 1 is 1.47 bits per heavy atom. The maximum Gasteiger partial charge on any atom is 0.364 e. The van der Waals surface area contributed by atoms with Crippen molar-refractivity contribution in [3.8, 4) is 0 Å². The van der Waals surface area contributed by atoms with E-state index in [9.17, 15) is 9.90 Å². The van der Waals surface area contributed by atoms with Crippen LogP contribution in [0.1, 0.15) is 19.3 Å². The Balaban J connectivity index is 2.56. The number of thiol groups is 1. The first-order valence-electron chi connectivity index (χ1n) is 4.90. The Kier molecular flexibility index (Phi) is 5.14. The summed E-state index contributed by atoms with van der Waals surface area (Å²) in [6.07, 6.45) is 4.49. The Morgan fingerprint density at radius 2 is 2.20 bits per heavy atom. The molecule has 3 unspecified atom stereocenters. The summed E-state index contributed by atoms with van der Waals surface area (Å²) < 4.78 is 10.1. The molecule has 4 nitrogen and oxygen atoms in total. The van der Waals surface area contributed by atoms with Crippen molar-refractivity contribution in [2.45, 2.75) is 37.6 Å². The average molecular weight is 232 g/mol. The molecule has 0 aliphatic heterocycles. The van der Waals surface area contributed by atoms with Gasteiger partial charge in [0.25, 0.3) is 0 Å². The van der Waals surface area contributed by atoms with Crippen LogP contribution in [-0.2, 0) is 9.47 Å². The van der Waals surface area contributed by atoms with Crippen LogP contribution in [0.2, 0.25) is 0 Å². The Hall–Kier alpha value is -0.520. The van der Waals surface area contributed by atoms with Crippen molar-refractivity contribution < 1.29 is 19.4 Å². The normalized spacial score (nSPS) is 31.8. The number of aliphatic hydroxyl groups is 1. The molecule has 0 aromatic rings. The highest BCUT2D eigenvalue weighted by Crippen LogP contribution is 2.18. The minimum atomic E-state index is -0.603. The Morgan fingerprint density at radius 3 is 2.80 bits per heavy atom. The van der Waals surface area contributed by atoms with Crippen molar-refractivity contribution in [1.82, 2.24) is 0 Å². The van der Waals surface area contributed by atoms with Crippen LogP contribution >= 0.6 is 12.6 Å². The standard InChI is InChI=1S/C10H16O4S/c1-13-9-5-4-8(14-10(12)15)3-2-7(11)6-9/h2-3,7-9,11H,4-6H2,1H3,(H,12,15). The molecule has 15 heavy (non-hydrogen) atoms. The van der Waals surface area contributed by atoms with Gasteiger partial charge in [0.15, 0.2) is 0 Å². The highest BCUT2D eigenvalue weighted by molar-refractivity contribution is 7.96. The number of rotatable bonds is 2. The molecular formula is C10H16O4S. The lowest BCUT2D eigenvalue weighted by atomic mass is 10.00. The zero-order valence-corrected chi connectivity index (χ0v) is 9.52. The highest BCUT2D eigenvalue weighted by Gasteiger charge is 2.19. The van der Waals surface area contributed by atoms with E-state index >= 15 is 0 Å². The van der Waals surface area contributed by atoms with Gasteiger partial charge in [-0.05, 0) is 18.9 Å². The van der Waals surface area contributed by atoms with Crippen LogP contribution in [0.25, 0.3) is 0 Å². The number of methoxy groups -OCH3 is 1. The number of hydrogen-bond donors (Lipinski definition) is 2. The third kappa shape index (κ3) is 4.68. The van der Waals surface area contributed by atoms with E-state index in [-0.39, 0.29) is 12.2 Å². The van der Waals surface area contributed by atoms with Gasteiger partial charge < -0.3 is 14.6 Å². The Bertz CT molecular complexity index is 242. The molecule has 1 aliphatic rings. The van der Waals surface area contributed by atoms with Gasteiger partial charge in [-0.1, -0.05) is 18.7 Å². The fraction of sp³-hybridized carbons (Fsp3) is 0.700. The second kappa shape index (κ2) is 6.15. The first kappa shape index (κ1) is 12.5. The molecule has 0 bridgehead atoms. The van der Waals surface area contributed by atoms with Gasteiger partial charge in [0.1, 0.15) is 6.10 Å². The zero-order valence-electron chi connectivity index (χ0n) is 8.63. The van der Waals surface area contributed by atoms with E-state index < -0.39 is 11.4 Å². The van der Waals surface area contributed by atoms with Crippen LogP contribution in [0, 0.1) is 0 Å². The van der Waals surface area contributed by atoms with Crippen LogP contribution in [0.5, 0.6) is 0 Å². The first-order chi connectivity index (χ1) is 7.11. The van der Waals surface area contributed by atoms with Gasteiger partial charge >= 0.3 is 5.30 Å². The molecule has 1 rings (SSSR count). The molecule has 0 aromatic heterocycles. The van der Waals surface area contributed by atoms with Gasteiger partial charge in [-0.25, -0.2) is 4.79 Å². The molecule has 0 fully saturated rings. The maximum absolute atomic E-state index is 10.7. The lowest BCUT2D eigenvalue weighted by molar-refractivity contribution is 0.0396. The number of aliphatic hydroxyl groups excluding tert-OH is 1. The molecule has 0 aromatic carbocycles. The predicted octanol–water partition coefficient (Wildman–Crippen LogP) is 1.54. The molecule has 0 heterocycles. The molecule has 0 radical (unpaired) electrons. The van der Waals surface area contributed by atoms with E-state index in [0.717, 1.165) is 6.42 Å². The summed E-state index contributed by atoms with van der Waals surface area (Å²) in [6.45, 7) is 0. The highest BCUT2D eigenvalue weighted by atomic mass is 32.1. The number of carbonyl (C=O) groups excluding carboxylic acids is 1. The molecule has 1 N–H and O–H groups in total. The predicted molar refractivity (Wildman–Crippen MR) is 59.0 cm³/mol. The molecule has 1 aliphatic carbocycles. The Labute approximate surface area is 94.7 Å². The second-order valence-corrected chi connectivity index (χ2v) is 3.91. The molecule has 0 spiro atoms. The van der Waals surface area contributed by atoms with Gasteiger partial charge in [0.2, 0.25) is 0 Å². The molecule has 0 saturated heterocycles. The van der Waals surface area contributed by atoms with E-state index in [1.165, 1.54) is 0 Å². The monoisotopic (exact) mass is 232 g/mol. The summed E-state index contributed by atoms with van der Waals surface area (Å²) in [6, 6.07) is 0. The SMILES string of the molecule is COC1CCC(OC(=O)S)C=CC(O)C1. The summed E-state index contributed by atoms with van der Waals surface area (Å²) in [5, 5.41) is 8.94. The lowest BCUT2D eigenvalue weighted by Crippen LogP contribution is -2.24. The van der Waals surface area contributed by atoms with Gasteiger partial charge in [0.05, 0.1) is 12.2 Å². The first-order valence-corrected chi connectivity index (χ1v) is 5.35. The van der Waals surface area contributed by atoms with E-state index in [1.54, 1.807) is 19.3 Å². The van der Waals surface area contributed by atoms with Crippen LogP contribution in [0.3, 0.4) is 0 Å². The van der Waals surface area contributed by atoms with Crippen LogP contribution in [0.4, 0.5) is 4.79 Å². The molecule has 3 atom stereocenters. The number of carbonyl (C=O) groups is 1. The van der Waals surface area contributed by atoms with Crippen molar-refractivity contribution in [3.05, 3.63) is 12.2 Å². The summed E-state index contributed by atoms with van der Waals surface area (Å²) in [4.78, 5) is 10.7. The van der Waals surface area contributed by atoms with E-state index in [2.05, 4.69) is 12.6 Å². The number of hydrogen-bond acceptors (Lipinski definition) is 4. The topological polar surface area (TPSA) is 55.8 Å². The molecule has 86 valence electrons. The minimum absolute atomic E-state index is 0.00562. The van der Waals surface area contributed by atoms with Crippen molar-refractivity contribution in [1.29, 1.82) is 0 Å². The van der Waals surface area contributed by atoms with Crippen molar-refractivity contribution >= 4 is 17.9 Å². The van der Waals surface area contributed by atoms with Gasteiger partial charge in [-0.2, -0.15) is 0 Å². The third-order valence-electron chi connectivity index (χ3n) is 2.41. The fourth-order valence-electron chi connectivity index (χ4n) is 1.61. The van der Waals surface area contributed by atoms with Crippen LogP contribution in [-0.4, -0.2) is 35.8 Å². The minimum Gasteiger partial charge on any atom is -0.450 e. The van der Waals surface area contributed by atoms with E-state index in [0.29, 0.717) is 12.8 Å². The third-order valence-corrected chi connectivity index (χ3v) is 2.52. The van der Waals surface area contributed by atoms with Crippen molar-refractivity contribution in [2.24, 2.45) is 0 Å². The lowest BCUT2D eigenvalue weighted by Gasteiger charge is -2.22. The maximum atomic E-state index is 10.7. The average Bonchev–Trinajstić information content (AvgIpc) is 2.16. The van der Waals surface area contributed by atoms with Gasteiger partial charge in [0, 0.05) is 13.5 Å². The molecule has 0 amide bonds. The number of ether oxygens (including phenoxy) is 2. The molecule has 0 saturated carbocycles. The van der Waals surface area contributed by atoms with Crippen molar-refractivity contribution in [3.63, 3.8) is 0 Å². The van der Waals surface area contributed by atoms with Gasteiger partial charge in [-0.15, -0.1) is 0 Å². The molecular weight excluding hydrogens is 216 g/mol. The summed E-state index contributed by atoms with van der Waals surface area (Å²) >= 11 is 3.55. The summed E-state index contributed by atoms with van der Waals surface area (Å²) in [7, 11) is 1.61. The summed E-state index contributed by atoms with van der Waals surface area (Å²) in [5.41, 5.74) is 0. The van der Waals surface area contributed by atoms with Crippen molar-refractivity contribution in [2.75, 3.05) is 7.11 Å². The van der Waals surface area contributed by atoms with Gasteiger partial charge in [-0.3, -0.25) is 0 Å². The largest absolute Gasteiger partial charge is 0.450 e. The summed E-state index contributed by atoms with van der Waals surface area (Å²) in [5.74, 6) is 0. The quantitative estimate of drug-likeness (QED) is 0.431. The van der Waals surface area contributed by atoms with E-state index in [1.807, 2.05) is 0 Å². The van der Waals surface area contributed by atoms with Crippen LogP contribution in [0.15, 0.2) is 12.2 Å².